The Morgan fingerprint density at radius 2 is 1.71 bits per heavy atom. The van der Waals surface area contributed by atoms with E-state index in [1.807, 2.05) is 0 Å². The number of anilines is 2. The maximum absolute atomic E-state index is 12.7. The number of methoxy groups -OCH3 is 1. The van der Waals surface area contributed by atoms with Crippen LogP contribution in [0, 0.1) is 0 Å². The minimum Gasteiger partial charge on any atom is -0.497 e. The van der Waals surface area contributed by atoms with Crippen molar-refractivity contribution >= 4 is 38.9 Å². The van der Waals surface area contributed by atoms with Gasteiger partial charge in [0.2, 0.25) is 0 Å². The van der Waals surface area contributed by atoms with Gasteiger partial charge in [-0.15, -0.1) is 0 Å². The topological polar surface area (TPSA) is 84.5 Å². The van der Waals surface area contributed by atoms with Gasteiger partial charge >= 0.3 is 0 Å². The summed E-state index contributed by atoms with van der Waals surface area (Å²) >= 11 is 5.88. The van der Waals surface area contributed by atoms with Crippen molar-refractivity contribution in [2.45, 2.75) is 4.90 Å². The first-order valence-electron chi connectivity index (χ1n) is 8.22. The minimum atomic E-state index is -3.91. The van der Waals surface area contributed by atoms with E-state index in [-0.39, 0.29) is 16.1 Å². The van der Waals surface area contributed by atoms with Crippen LogP contribution in [0.4, 0.5) is 11.4 Å². The van der Waals surface area contributed by atoms with E-state index in [0.29, 0.717) is 16.5 Å². The van der Waals surface area contributed by atoms with Crippen molar-refractivity contribution in [3.8, 4) is 5.75 Å². The number of carbonyl (C=O) groups is 1. The Balaban J connectivity index is 1.87. The van der Waals surface area contributed by atoms with Crippen LogP contribution in [0.1, 0.15) is 10.4 Å². The normalized spacial score (nSPS) is 10.9. The average Bonchev–Trinajstić information content (AvgIpc) is 2.68. The molecule has 1 amide bonds. The van der Waals surface area contributed by atoms with Gasteiger partial charge in [-0.3, -0.25) is 9.52 Å². The molecule has 2 N–H and O–H groups in total. The average molecular weight is 417 g/mol. The van der Waals surface area contributed by atoms with Crippen LogP contribution < -0.4 is 14.8 Å². The third-order valence-electron chi connectivity index (χ3n) is 3.85. The Labute approximate surface area is 168 Å². The molecule has 144 valence electrons. The summed E-state index contributed by atoms with van der Waals surface area (Å²) in [6.45, 7) is 0. The molecular weight excluding hydrogens is 400 g/mol. The van der Waals surface area contributed by atoms with Gasteiger partial charge in [0.25, 0.3) is 15.9 Å². The molecule has 0 heterocycles. The van der Waals surface area contributed by atoms with E-state index in [4.69, 9.17) is 16.3 Å². The van der Waals surface area contributed by atoms with Gasteiger partial charge in [-0.2, -0.15) is 0 Å². The molecule has 0 unspecified atom stereocenters. The molecule has 3 aromatic rings. The monoisotopic (exact) mass is 416 g/mol. The quantitative estimate of drug-likeness (QED) is 0.623. The highest BCUT2D eigenvalue weighted by atomic mass is 35.5. The van der Waals surface area contributed by atoms with Crippen molar-refractivity contribution in [2.75, 3.05) is 17.1 Å². The number of hydrogen-bond acceptors (Lipinski definition) is 4. The molecule has 0 saturated heterocycles. The number of para-hydroxylation sites is 1. The van der Waals surface area contributed by atoms with Gasteiger partial charge in [-0.05, 0) is 42.5 Å². The molecule has 6 nitrogen and oxygen atoms in total. The van der Waals surface area contributed by atoms with Gasteiger partial charge < -0.3 is 10.1 Å². The highest BCUT2D eigenvalue weighted by Crippen LogP contribution is 2.24. The van der Waals surface area contributed by atoms with Gasteiger partial charge in [0.05, 0.1) is 23.3 Å². The van der Waals surface area contributed by atoms with Crippen molar-refractivity contribution in [2.24, 2.45) is 0 Å². The predicted octanol–water partition coefficient (Wildman–Crippen LogP) is 4.40. The Bertz CT molecular complexity index is 1120. The van der Waals surface area contributed by atoms with E-state index >= 15 is 0 Å². The standard InChI is InChI=1S/C20H17ClN2O4S/c1-27-16-8-5-7-15(13-16)22-20(24)18-10-2-3-11-19(18)23-28(25,26)17-9-4-6-14(21)12-17/h2-13,23H,1H3,(H,22,24). The number of nitrogens with one attached hydrogen (secondary N) is 2. The number of amides is 1. The lowest BCUT2D eigenvalue weighted by Gasteiger charge is -2.13. The molecule has 0 aromatic heterocycles. The lowest BCUT2D eigenvalue weighted by molar-refractivity contribution is 0.102. The van der Waals surface area contributed by atoms with Crippen LogP contribution in [-0.2, 0) is 10.0 Å². The molecule has 0 spiro atoms. The van der Waals surface area contributed by atoms with Gasteiger partial charge in [-0.25, -0.2) is 8.42 Å². The van der Waals surface area contributed by atoms with Crippen molar-refractivity contribution < 1.29 is 17.9 Å². The number of rotatable bonds is 6. The fourth-order valence-corrected chi connectivity index (χ4v) is 3.89. The number of ether oxygens (including phenoxy) is 1. The SMILES string of the molecule is COc1cccc(NC(=O)c2ccccc2NS(=O)(=O)c2cccc(Cl)c2)c1. The molecule has 0 aliphatic rings. The molecule has 3 aromatic carbocycles. The number of carbonyl (C=O) groups excluding carboxylic acids is 1. The molecule has 28 heavy (non-hydrogen) atoms. The van der Waals surface area contributed by atoms with Crippen LogP contribution in [0.25, 0.3) is 0 Å². The number of benzene rings is 3. The minimum absolute atomic E-state index is 0.00278. The fourth-order valence-electron chi connectivity index (χ4n) is 2.51. The molecule has 3 rings (SSSR count). The van der Waals surface area contributed by atoms with Crippen LogP contribution in [0.15, 0.2) is 77.7 Å². The van der Waals surface area contributed by atoms with Crippen molar-refractivity contribution in [3.63, 3.8) is 0 Å². The highest BCUT2D eigenvalue weighted by Gasteiger charge is 2.19. The van der Waals surface area contributed by atoms with E-state index in [9.17, 15) is 13.2 Å². The van der Waals surface area contributed by atoms with E-state index in [0.717, 1.165) is 0 Å². The second kappa shape index (κ2) is 8.33. The summed E-state index contributed by atoms with van der Waals surface area (Å²) in [5, 5.41) is 3.03. The van der Waals surface area contributed by atoms with Crippen LogP contribution in [0.2, 0.25) is 5.02 Å². The van der Waals surface area contributed by atoms with Crippen molar-refractivity contribution in [3.05, 3.63) is 83.4 Å². The smallest absolute Gasteiger partial charge is 0.261 e. The number of halogens is 1. The third kappa shape index (κ3) is 4.62. The lowest BCUT2D eigenvalue weighted by atomic mass is 10.1. The second-order valence-corrected chi connectivity index (χ2v) is 7.91. The van der Waals surface area contributed by atoms with Gasteiger partial charge in [0, 0.05) is 16.8 Å². The number of sulfonamides is 1. The summed E-state index contributed by atoms with van der Waals surface area (Å²) in [5.74, 6) is 0.130. The summed E-state index contributed by atoms with van der Waals surface area (Å²) in [5.41, 5.74) is 0.857. The first-order valence-corrected chi connectivity index (χ1v) is 10.1. The molecular formula is C20H17ClN2O4S. The van der Waals surface area contributed by atoms with Crippen molar-refractivity contribution in [1.82, 2.24) is 0 Å². The van der Waals surface area contributed by atoms with Crippen molar-refractivity contribution in [1.29, 1.82) is 0 Å². The summed E-state index contributed by atoms with van der Waals surface area (Å²) in [6, 6.07) is 19.1. The van der Waals surface area contributed by atoms with Gasteiger partial charge in [-0.1, -0.05) is 35.9 Å². The summed E-state index contributed by atoms with van der Waals surface area (Å²) < 4.78 is 32.9. The first kappa shape index (κ1) is 19.7. The van der Waals surface area contributed by atoms with E-state index in [2.05, 4.69) is 10.0 Å². The molecule has 0 fully saturated rings. The molecule has 0 radical (unpaired) electrons. The molecule has 0 atom stereocenters. The second-order valence-electron chi connectivity index (χ2n) is 5.79. The summed E-state index contributed by atoms with van der Waals surface area (Å²) in [4.78, 5) is 12.7. The molecule has 0 saturated carbocycles. The maximum Gasteiger partial charge on any atom is 0.261 e. The largest absolute Gasteiger partial charge is 0.497 e. The predicted molar refractivity (Wildman–Crippen MR) is 110 cm³/mol. The highest BCUT2D eigenvalue weighted by molar-refractivity contribution is 7.92. The first-order chi connectivity index (χ1) is 13.4. The summed E-state index contributed by atoms with van der Waals surface area (Å²) in [6.07, 6.45) is 0. The Hall–Kier alpha value is -3.03. The van der Waals surface area contributed by atoms with E-state index in [1.165, 1.54) is 37.4 Å². The molecule has 0 aliphatic carbocycles. The van der Waals surface area contributed by atoms with Crippen LogP contribution in [0.5, 0.6) is 5.75 Å². The zero-order valence-electron chi connectivity index (χ0n) is 14.8. The Kier molecular flexibility index (Phi) is 5.87. The zero-order chi connectivity index (χ0) is 20.1. The lowest BCUT2D eigenvalue weighted by Crippen LogP contribution is -2.18. The Morgan fingerprint density at radius 3 is 2.46 bits per heavy atom. The zero-order valence-corrected chi connectivity index (χ0v) is 16.4. The van der Waals surface area contributed by atoms with E-state index < -0.39 is 15.9 Å². The maximum atomic E-state index is 12.7. The van der Waals surface area contributed by atoms with Gasteiger partial charge in [0.15, 0.2) is 0 Å². The number of hydrogen-bond donors (Lipinski definition) is 2. The van der Waals surface area contributed by atoms with Crippen LogP contribution in [0.3, 0.4) is 0 Å². The van der Waals surface area contributed by atoms with Crippen LogP contribution >= 0.6 is 11.6 Å². The van der Waals surface area contributed by atoms with Crippen LogP contribution in [-0.4, -0.2) is 21.4 Å². The molecule has 8 heteroatoms. The summed E-state index contributed by atoms with van der Waals surface area (Å²) in [7, 11) is -2.38. The van der Waals surface area contributed by atoms with E-state index in [1.54, 1.807) is 42.5 Å². The Morgan fingerprint density at radius 1 is 0.964 bits per heavy atom. The third-order valence-corrected chi connectivity index (χ3v) is 5.45. The molecule has 0 bridgehead atoms. The fraction of sp³-hybridized carbons (Fsp3) is 0.0500. The van der Waals surface area contributed by atoms with Gasteiger partial charge in [0.1, 0.15) is 5.75 Å². The molecule has 0 aliphatic heterocycles.